The van der Waals surface area contributed by atoms with Crippen molar-refractivity contribution in [2.45, 2.75) is 32.7 Å². The SMILES string of the molecule is CC(C)(C)c1c(C(=O)O)nnn1Cc1ccc([N+](=O)[O-])cc1. The van der Waals surface area contributed by atoms with Crippen LogP contribution in [0.25, 0.3) is 0 Å². The van der Waals surface area contributed by atoms with Gasteiger partial charge in [0.15, 0.2) is 5.69 Å². The van der Waals surface area contributed by atoms with Gasteiger partial charge < -0.3 is 5.11 Å². The van der Waals surface area contributed by atoms with Gasteiger partial charge in [-0.3, -0.25) is 10.1 Å². The lowest BCUT2D eigenvalue weighted by atomic mass is 9.90. The first-order valence-electron chi connectivity index (χ1n) is 6.60. The number of carboxylic acids is 1. The summed E-state index contributed by atoms with van der Waals surface area (Å²) in [7, 11) is 0. The van der Waals surface area contributed by atoms with Gasteiger partial charge in [-0.2, -0.15) is 0 Å². The highest BCUT2D eigenvalue weighted by Crippen LogP contribution is 2.25. The maximum atomic E-state index is 11.3. The van der Waals surface area contributed by atoms with Crippen LogP contribution in [-0.2, 0) is 12.0 Å². The average molecular weight is 304 g/mol. The van der Waals surface area contributed by atoms with Crippen LogP contribution in [0.4, 0.5) is 5.69 Å². The van der Waals surface area contributed by atoms with Crippen molar-refractivity contribution in [3.63, 3.8) is 0 Å². The number of carboxylic acid groups (broad SMARTS) is 1. The van der Waals surface area contributed by atoms with Gasteiger partial charge in [0.1, 0.15) is 0 Å². The third-order valence-corrected chi connectivity index (χ3v) is 3.13. The van der Waals surface area contributed by atoms with E-state index in [-0.39, 0.29) is 11.4 Å². The molecule has 0 unspecified atom stereocenters. The number of nitro groups is 1. The molecule has 0 radical (unpaired) electrons. The summed E-state index contributed by atoms with van der Waals surface area (Å²) in [6.07, 6.45) is 0. The Morgan fingerprint density at radius 3 is 2.36 bits per heavy atom. The Balaban J connectivity index is 2.37. The van der Waals surface area contributed by atoms with Crippen LogP contribution in [0.2, 0.25) is 0 Å². The fraction of sp³-hybridized carbons (Fsp3) is 0.357. The quantitative estimate of drug-likeness (QED) is 0.684. The molecule has 0 aliphatic rings. The Hall–Kier alpha value is -2.77. The normalized spacial score (nSPS) is 11.4. The van der Waals surface area contributed by atoms with E-state index in [1.165, 1.54) is 16.8 Å². The molecule has 0 fully saturated rings. The van der Waals surface area contributed by atoms with Crippen molar-refractivity contribution in [1.29, 1.82) is 0 Å². The van der Waals surface area contributed by atoms with Gasteiger partial charge in [-0.1, -0.05) is 38.1 Å². The fourth-order valence-electron chi connectivity index (χ4n) is 2.21. The van der Waals surface area contributed by atoms with E-state index < -0.39 is 16.3 Å². The Morgan fingerprint density at radius 2 is 1.91 bits per heavy atom. The molecular weight excluding hydrogens is 288 g/mol. The van der Waals surface area contributed by atoms with E-state index in [1.807, 2.05) is 20.8 Å². The molecule has 1 N–H and O–H groups in total. The van der Waals surface area contributed by atoms with Crippen LogP contribution in [0.5, 0.6) is 0 Å². The monoisotopic (exact) mass is 304 g/mol. The molecule has 0 saturated carbocycles. The maximum Gasteiger partial charge on any atom is 0.358 e. The number of hydrogen-bond acceptors (Lipinski definition) is 5. The summed E-state index contributed by atoms with van der Waals surface area (Å²) in [4.78, 5) is 21.4. The molecule has 0 aliphatic carbocycles. The van der Waals surface area contributed by atoms with Crippen LogP contribution in [0.1, 0.15) is 42.5 Å². The highest BCUT2D eigenvalue weighted by Gasteiger charge is 2.28. The number of nitro benzene ring substituents is 1. The third kappa shape index (κ3) is 3.11. The summed E-state index contributed by atoms with van der Waals surface area (Å²) < 4.78 is 1.52. The third-order valence-electron chi connectivity index (χ3n) is 3.13. The van der Waals surface area contributed by atoms with Gasteiger partial charge in [0.25, 0.3) is 5.69 Å². The number of carbonyl (C=O) groups is 1. The van der Waals surface area contributed by atoms with E-state index in [4.69, 9.17) is 0 Å². The lowest BCUT2D eigenvalue weighted by molar-refractivity contribution is -0.384. The topological polar surface area (TPSA) is 111 Å². The van der Waals surface area contributed by atoms with Gasteiger partial charge in [-0.25, -0.2) is 9.48 Å². The second-order valence-electron chi connectivity index (χ2n) is 5.92. The Labute approximate surface area is 126 Å². The Morgan fingerprint density at radius 1 is 1.32 bits per heavy atom. The van der Waals surface area contributed by atoms with Gasteiger partial charge in [-0.05, 0) is 5.56 Å². The molecule has 8 nitrogen and oxygen atoms in total. The van der Waals surface area contributed by atoms with Gasteiger partial charge in [0.2, 0.25) is 0 Å². The minimum absolute atomic E-state index is 0.00427. The van der Waals surface area contributed by atoms with Gasteiger partial charge >= 0.3 is 5.97 Å². The number of nitrogens with zero attached hydrogens (tertiary/aromatic N) is 4. The first-order valence-corrected chi connectivity index (χ1v) is 6.60. The van der Waals surface area contributed by atoms with Crippen LogP contribution in [0.15, 0.2) is 24.3 Å². The molecule has 1 heterocycles. The van der Waals surface area contributed by atoms with Crippen LogP contribution < -0.4 is 0 Å². The van der Waals surface area contributed by atoms with Gasteiger partial charge in [0.05, 0.1) is 17.2 Å². The molecule has 116 valence electrons. The molecule has 0 aliphatic heterocycles. The molecular formula is C14H16N4O4. The molecule has 2 rings (SSSR count). The number of hydrogen-bond donors (Lipinski definition) is 1. The van der Waals surface area contributed by atoms with Crippen molar-refractivity contribution in [1.82, 2.24) is 15.0 Å². The smallest absolute Gasteiger partial charge is 0.358 e. The molecule has 0 bridgehead atoms. The molecule has 0 atom stereocenters. The Bertz CT molecular complexity index is 713. The molecule has 1 aromatic carbocycles. The number of aromatic carboxylic acids is 1. The zero-order chi connectivity index (χ0) is 16.5. The average Bonchev–Trinajstić information content (AvgIpc) is 2.83. The van der Waals surface area contributed by atoms with Gasteiger partial charge in [-0.15, -0.1) is 5.10 Å². The van der Waals surface area contributed by atoms with Crippen LogP contribution in [0, 0.1) is 10.1 Å². The zero-order valence-corrected chi connectivity index (χ0v) is 12.5. The molecule has 0 amide bonds. The second-order valence-corrected chi connectivity index (χ2v) is 5.92. The van der Waals surface area contributed by atoms with Crippen molar-refractivity contribution in [3.8, 4) is 0 Å². The summed E-state index contributed by atoms with van der Waals surface area (Å²) in [5.41, 5.74) is 0.771. The first kappa shape index (κ1) is 15.6. The van der Waals surface area contributed by atoms with Crippen LogP contribution in [-0.4, -0.2) is 31.0 Å². The van der Waals surface area contributed by atoms with E-state index in [2.05, 4.69) is 10.3 Å². The fourth-order valence-corrected chi connectivity index (χ4v) is 2.21. The van der Waals surface area contributed by atoms with E-state index in [0.29, 0.717) is 12.2 Å². The predicted molar refractivity (Wildman–Crippen MR) is 77.9 cm³/mol. The molecule has 22 heavy (non-hydrogen) atoms. The van der Waals surface area contributed by atoms with E-state index >= 15 is 0 Å². The summed E-state index contributed by atoms with van der Waals surface area (Å²) in [6.45, 7) is 5.93. The number of rotatable bonds is 4. The van der Waals surface area contributed by atoms with Gasteiger partial charge in [0, 0.05) is 17.5 Å². The number of non-ortho nitro benzene ring substituents is 1. The van der Waals surface area contributed by atoms with Crippen molar-refractivity contribution < 1.29 is 14.8 Å². The van der Waals surface area contributed by atoms with Crippen molar-refractivity contribution in [3.05, 3.63) is 51.3 Å². The summed E-state index contributed by atoms with van der Waals surface area (Å²) in [5.74, 6) is -1.13. The van der Waals surface area contributed by atoms with Crippen molar-refractivity contribution in [2.75, 3.05) is 0 Å². The lowest BCUT2D eigenvalue weighted by Crippen LogP contribution is -2.22. The van der Waals surface area contributed by atoms with E-state index in [1.54, 1.807) is 12.1 Å². The first-order chi connectivity index (χ1) is 10.2. The minimum atomic E-state index is -1.13. The molecule has 0 spiro atoms. The second kappa shape index (κ2) is 5.55. The highest BCUT2D eigenvalue weighted by atomic mass is 16.6. The lowest BCUT2D eigenvalue weighted by Gasteiger charge is -2.20. The van der Waals surface area contributed by atoms with Crippen molar-refractivity contribution in [2.24, 2.45) is 0 Å². The molecule has 8 heteroatoms. The summed E-state index contributed by atoms with van der Waals surface area (Å²) in [6, 6.07) is 6.04. The molecule has 1 aromatic heterocycles. The maximum absolute atomic E-state index is 11.3. The predicted octanol–water partition coefficient (Wildman–Crippen LogP) is 2.23. The van der Waals surface area contributed by atoms with Crippen LogP contribution in [0.3, 0.4) is 0 Å². The highest BCUT2D eigenvalue weighted by molar-refractivity contribution is 5.86. The van der Waals surface area contributed by atoms with E-state index in [0.717, 1.165) is 5.56 Å². The van der Waals surface area contributed by atoms with E-state index in [9.17, 15) is 20.0 Å². The molecule has 0 saturated heterocycles. The summed E-state index contributed by atoms with van der Waals surface area (Å²) in [5, 5.41) is 27.5. The standard InChI is InChI=1S/C14H16N4O4/c1-14(2,3)12-11(13(19)20)15-16-17(12)8-9-4-6-10(7-5-9)18(21)22/h4-7H,8H2,1-3H3,(H,19,20). The number of benzene rings is 1. The largest absolute Gasteiger partial charge is 0.476 e. The van der Waals surface area contributed by atoms with Crippen molar-refractivity contribution >= 4 is 11.7 Å². The minimum Gasteiger partial charge on any atom is -0.476 e. The van der Waals surface area contributed by atoms with Crippen LogP contribution >= 0.6 is 0 Å². The Kier molecular flexibility index (Phi) is 3.94. The molecule has 2 aromatic rings. The summed E-state index contributed by atoms with van der Waals surface area (Å²) >= 11 is 0. The number of aromatic nitrogens is 3. The zero-order valence-electron chi connectivity index (χ0n) is 12.5.